The molecule has 7 heteroatoms. The van der Waals surface area contributed by atoms with Gasteiger partial charge >= 0.3 is 0 Å². The molecule has 0 spiro atoms. The molecule has 2 saturated heterocycles. The molecule has 0 radical (unpaired) electrons. The molecule has 3 aliphatic rings. The maximum Gasteiger partial charge on any atom is 0.265 e. The first kappa shape index (κ1) is 18.0. The van der Waals surface area contributed by atoms with Gasteiger partial charge in [-0.05, 0) is 37.9 Å². The second kappa shape index (κ2) is 7.62. The molecule has 0 saturated carbocycles. The van der Waals surface area contributed by atoms with Gasteiger partial charge in [-0.15, -0.1) is 12.4 Å². The van der Waals surface area contributed by atoms with Gasteiger partial charge in [0.25, 0.3) is 5.91 Å². The minimum Gasteiger partial charge on any atom is -0.482 e. The van der Waals surface area contributed by atoms with Crippen LogP contribution >= 0.6 is 12.4 Å². The van der Waals surface area contributed by atoms with Crippen molar-refractivity contribution in [1.82, 2.24) is 10.2 Å². The number of para-hydroxylation sites is 2. The molecular formula is C18H24ClN3O3. The van der Waals surface area contributed by atoms with Crippen LogP contribution < -0.4 is 15.0 Å². The molecule has 2 fully saturated rings. The monoisotopic (exact) mass is 365 g/mol. The van der Waals surface area contributed by atoms with Gasteiger partial charge in [-0.1, -0.05) is 12.1 Å². The first-order valence-corrected chi connectivity index (χ1v) is 8.78. The molecule has 6 nitrogen and oxygen atoms in total. The van der Waals surface area contributed by atoms with Crippen molar-refractivity contribution in [3.63, 3.8) is 0 Å². The van der Waals surface area contributed by atoms with Crippen LogP contribution in [0.25, 0.3) is 0 Å². The number of benzene rings is 1. The molecule has 0 aliphatic carbocycles. The largest absolute Gasteiger partial charge is 0.482 e. The maximum absolute atomic E-state index is 12.8. The van der Waals surface area contributed by atoms with Crippen LogP contribution in [0.1, 0.15) is 25.7 Å². The molecule has 4 rings (SSSR count). The highest BCUT2D eigenvalue weighted by atomic mass is 35.5. The van der Waals surface area contributed by atoms with E-state index in [1.807, 2.05) is 24.3 Å². The zero-order valence-corrected chi connectivity index (χ0v) is 15.0. The molecule has 1 N–H and O–H groups in total. The fraction of sp³-hybridized carbons (Fsp3) is 0.556. The average molecular weight is 366 g/mol. The van der Waals surface area contributed by atoms with Gasteiger partial charge in [0.05, 0.1) is 5.69 Å². The molecule has 25 heavy (non-hydrogen) atoms. The Hall–Kier alpha value is -1.79. The van der Waals surface area contributed by atoms with E-state index in [0.717, 1.165) is 38.0 Å². The Labute approximate surface area is 153 Å². The Morgan fingerprint density at radius 2 is 2.00 bits per heavy atom. The molecule has 1 aromatic carbocycles. The molecule has 136 valence electrons. The lowest BCUT2D eigenvalue weighted by Crippen LogP contribution is -2.45. The Morgan fingerprint density at radius 1 is 1.20 bits per heavy atom. The van der Waals surface area contributed by atoms with Gasteiger partial charge in [0.1, 0.15) is 5.75 Å². The number of hydrogen-bond acceptors (Lipinski definition) is 4. The number of hydrogen-bond donors (Lipinski definition) is 1. The van der Waals surface area contributed by atoms with E-state index in [1.165, 1.54) is 0 Å². The summed E-state index contributed by atoms with van der Waals surface area (Å²) in [6.07, 6.45) is 3.59. The van der Waals surface area contributed by atoms with Crippen LogP contribution in [-0.4, -0.2) is 55.0 Å². The van der Waals surface area contributed by atoms with Crippen LogP contribution in [0.3, 0.4) is 0 Å². The van der Waals surface area contributed by atoms with Gasteiger partial charge in [-0.2, -0.15) is 0 Å². The number of anilines is 1. The summed E-state index contributed by atoms with van der Waals surface area (Å²) < 4.78 is 5.45. The van der Waals surface area contributed by atoms with E-state index in [1.54, 1.807) is 4.90 Å². The standard InChI is InChI=1S/C18H23N3O3.ClH/c22-17(21-13-5-6-14(21)11-19-9-7-13)8-10-20-15-3-1-2-4-16(15)24-12-18(20)23;/h1-4,13-14,19H,5-12H2;1H. The van der Waals surface area contributed by atoms with Crippen molar-refractivity contribution in [3.8, 4) is 5.75 Å². The smallest absolute Gasteiger partial charge is 0.265 e. The van der Waals surface area contributed by atoms with Crippen molar-refractivity contribution in [1.29, 1.82) is 0 Å². The summed E-state index contributed by atoms with van der Waals surface area (Å²) in [5.74, 6) is 0.800. The number of nitrogens with one attached hydrogen (secondary N) is 1. The summed E-state index contributed by atoms with van der Waals surface area (Å²) >= 11 is 0. The number of carbonyl (C=O) groups excluding carboxylic acids is 2. The fourth-order valence-corrected chi connectivity index (χ4v) is 4.13. The number of ether oxygens (including phenoxy) is 1. The highest BCUT2D eigenvalue weighted by Crippen LogP contribution is 2.32. The quantitative estimate of drug-likeness (QED) is 0.883. The van der Waals surface area contributed by atoms with Gasteiger partial charge in [0, 0.05) is 31.6 Å². The number of halogens is 1. The molecule has 2 atom stereocenters. The van der Waals surface area contributed by atoms with Gasteiger partial charge < -0.3 is 19.9 Å². The summed E-state index contributed by atoms with van der Waals surface area (Å²) in [6.45, 7) is 2.34. The van der Waals surface area contributed by atoms with Gasteiger partial charge in [-0.3, -0.25) is 9.59 Å². The van der Waals surface area contributed by atoms with E-state index in [0.29, 0.717) is 30.8 Å². The van der Waals surface area contributed by atoms with Crippen molar-refractivity contribution >= 4 is 29.9 Å². The lowest BCUT2D eigenvalue weighted by atomic mass is 10.1. The summed E-state index contributed by atoms with van der Waals surface area (Å²) in [7, 11) is 0. The molecule has 1 aromatic rings. The number of amides is 2. The lowest BCUT2D eigenvalue weighted by Gasteiger charge is -2.31. The van der Waals surface area contributed by atoms with Crippen LogP contribution in [0.2, 0.25) is 0 Å². The molecule has 3 aliphatic heterocycles. The van der Waals surface area contributed by atoms with E-state index >= 15 is 0 Å². The third-order valence-electron chi connectivity index (χ3n) is 5.30. The zero-order chi connectivity index (χ0) is 16.5. The topological polar surface area (TPSA) is 61.9 Å². The van der Waals surface area contributed by atoms with Gasteiger partial charge in [-0.25, -0.2) is 0 Å². The van der Waals surface area contributed by atoms with Crippen LogP contribution in [0, 0.1) is 0 Å². The lowest BCUT2D eigenvalue weighted by molar-refractivity contribution is -0.133. The Bertz CT molecular complexity index is 640. The number of fused-ring (bicyclic) bond motifs is 3. The first-order chi connectivity index (χ1) is 11.7. The van der Waals surface area contributed by atoms with E-state index in [-0.39, 0.29) is 30.8 Å². The minimum atomic E-state index is -0.0815. The zero-order valence-electron chi connectivity index (χ0n) is 14.1. The second-order valence-electron chi connectivity index (χ2n) is 6.73. The first-order valence-electron chi connectivity index (χ1n) is 8.78. The third kappa shape index (κ3) is 3.46. The molecule has 3 heterocycles. The van der Waals surface area contributed by atoms with Gasteiger partial charge in [0.15, 0.2) is 6.61 Å². The summed E-state index contributed by atoms with van der Waals surface area (Å²) in [5, 5.41) is 3.41. The van der Waals surface area contributed by atoms with Crippen molar-refractivity contribution in [2.24, 2.45) is 0 Å². The summed E-state index contributed by atoms with van der Waals surface area (Å²) in [5.41, 5.74) is 0.766. The second-order valence-corrected chi connectivity index (χ2v) is 6.73. The normalized spacial score (nSPS) is 24.9. The van der Waals surface area contributed by atoms with Crippen molar-refractivity contribution in [3.05, 3.63) is 24.3 Å². The molecule has 2 amide bonds. The highest BCUT2D eigenvalue weighted by Gasteiger charge is 2.38. The van der Waals surface area contributed by atoms with Crippen LogP contribution in [0.15, 0.2) is 24.3 Å². The average Bonchev–Trinajstić information content (AvgIpc) is 2.86. The number of nitrogens with zero attached hydrogens (tertiary/aromatic N) is 2. The van der Waals surface area contributed by atoms with Crippen LogP contribution in [0.4, 0.5) is 5.69 Å². The summed E-state index contributed by atoms with van der Waals surface area (Å²) in [6, 6.07) is 8.19. The molecular weight excluding hydrogens is 342 g/mol. The Balaban J connectivity index is 0.00000182. The van der Waals surface area contributed by atoms with E-state index in [4.69, 9.17) is 4.74 Å². The maximum atomic E-state index is 12.8. The molecule has 0 aromatic heterocycles. The van der Waals surface area contributed by atoms with E-state index in [2.05, 4.69) is 10.2 Å². The Kier molecular flexibility index (Phi) is 5.49. The fourth-order valence-electron chi connectivity index (χ4n) is 4.13. The Morgan fingerprint density at radius 3 is 2.88 bits per heavy atom. The molecule has 2 unspecified atom stereocenters. The van der Waals surface area contributed by atoms with Crippen molar-refractivity contribution in [2.45, 2.75) is 37.8 Å². The number of carbonyl (C=O) groups is 2. The van der Waals surface area contributed by atoms with Crippen LogP contribution in [0.5, 0.6) is 5.75 Å². The predicted octanol–water partition coefficient (Wildman–Crippen LogP) is 1.58. The van der Waals surface area contributed by atoms with Crippen molar-refractivity contribution in [2.75, 3.05) is 31.1 Å². The van der Waals surface area contributed by atoms with E-state index < -0.39 is 0 Å². The third-order valence-corrected chi connectivity index (χ3v) is 5.30. The highest BCUT2D eigenvalue weighted by molar-refractivity contribution is 5.98. The minimum absolute atomic E-state index is 0. The van der Waals surface area contributed by atoms with Crippen LogP contribution in [-0.2, 0) is 9.59 Å². The van der Waals surface area contributed by atoms with E-state index in [9.17, 15) is 9.59 Å². The van der Waals surface area contributed by atoms with Gasteiger partial charge in [0.2, 0.25) is 5.91 Å². The SMILES string of the molecule is Cl.O=C1COc2ccccc2N1CCC(=O)N1C2CCNCC1CC2. The summed E-state index contributed by atoms with van der Waals surface area (Å²) in [4.78, 5) is 28.8. The molecule has 2 bridgehead atoms. The van der Waals surface area contributed by atoms with Crippen molar-refractivity contribution < 1.29 is 14.3 Å². The predicted molar refractivity (Wildman–Crippen MR) is 97.3 cm³/mol. The number of rotatable bonds is 3.